The first kappa shape index (κ1) is 13.8. The molecule has 19 heavy (non-hydrogen) atoms. The Balaban J connectivity index is 2.63. The van der Waals surface area contributed by atoms with Crippen LogP contribution in [0.15, 0.2) is 18.2 Å². The molecule has 102 valence electrons. The van der Waals surface area contributed by atoms with Crippen molar-refractivity contribution in [1.82, 2.24) is 4.98 Å². The molecule has 2 rings (SSSR count). The van der Waals surface area contributed by atoms with Gasteiger partial charge in [0.15, 0.2) is 0 Å². The zero-order valence-electron chi connectivity index (χ0n) is 11.9. The Kier molecular flexibility index (Phi) is 4.35. The first-order valence-electron chi connectivity index (χ1n) is 7.00. The quantitative estimate of drug-likeness (QED) is 0.858. The van der Waals surface area contributed by atoms with Crippen molar-refractivity contribution in [3.05, 3.63) is 35.3 Å². The number of pyridine rings is 1. The van der Waals surface area contributed by atoms with Crippen LogP contribution in [0.1, 0.15) is 37.9 Å². The average molecular weight is 260 g/mol. The van der Waals surface area contributed by atoms with Crippen LogP contribution in [0.4, 0.5) is 10.1 Å². The van der Waals surface area contributed by atoms with Crippen molar-refractivity contribution in [1.29, 1.82) is 0 Å². The number of anilines is 1. The molecule has 1 aromatic heterocycles. The van der Waals surface area contributed by atoms with Crippen molar-refractivity contribution < 1.29 is 4.39 Å². The van der Waals surface area contributed by atoms with Crippen LogP contribution in [-0.4, -0.2) is 11.5 Å². The second-order valence-electron chi connectivity index (χ2n) is 4.93. The standard InChI is InChI=1S/C16H21FN2/c1-4-6-12-10-14(18-9-5-2)15-13(17)8-7-11(3)16(15)19-12/h7-8,10H,4-6,9H2,1-3H3,(H,18,19). The molecule has 0 fully saturated rings. The van der Waals surface area contributed by atoms with Crippen molar-refractivity contribution in [2.45, 2.75) is 40.0 Å². The van der Waals surface area contributed by atoms with Gasteiger partial charge in [-0.15, -0.1) is 0 Å². The maximum absolute atomic E-state index is 14.1. The number of nitrogens with one attached hydrogen (secondary N) is 1. The lowest BCUT2D eigenvalue weighted by atomic mass is 10.1. The minimum absolute atomic E-state index is 0.199. The van der Waals surface area contributed by atoms with Crippen molar-refractivity contribution >= 4 is 16.6 Å². The Hall–Kier alpha value is -1.64. The molecule has 0 aliphatic carbocycles. The largest absolute Gasteiger partial charge is 0.384 e. The van der Waals surface area contributed by atoms with Crippen LogP contribution in [-0.2, 0) is 6.42 Å². The van der Waals surface area contributed by atoms with Crippen LogP contribution < -0.4 is 5.32 Å². The van der Waals surface area contributed by atoms with Gasteiger partial charge in [0.05, 0.1) is 10.9 Å². The monoisotopic (exact) mass is 260 g/mol. The Morgan fingerprint density at radius 2 is 2.00 bits per heavy atom. The highest BCUT2D eigenvalue weighted by molar-refractivity contribution is 5.93. The number of benzene rings is 1. The molecule has 0 unspecified atom stereocenters. The summed E-state index contributed by atoms with van der Waals surface area (Å²) in [7, 11) is 0. The van der Waals surface area contributed by atoms with Crippen LogP contribution in [0.2, 0.25) is 0 Å². The summed E-state index contributed by atoms with van der Waals surface area (Å²) in [4.78, 5) is 4.61. The lowest BCUT2D eigenvalue weighted by Gasteiger charge is -2.13. The SMILES string of the molecule is CCCNc1cc(CCC)nc2c(C)ccc(F)c12. The molecule has 0 bridgehead atoms. The third-order valence-electron chi connectivity index (χ3n) is 3.24. The molecular weight excluding hydrogens is 239 g/mol. The molecule has 0 spiro atoms. The molecule has 0 aliphatic rings. The van der Waals surface area contributed by atoms with E-state index in [-0.39, 0.29) is 5.82 Å². The number of hydrogen-bond acceptors (Lipinski definition) is 2. The van der Waals surface area contributed by atoms with E-state index in [1.807, 2.05) is 13.0 Å². The van der Waals surface area contributed by atoms with E-state index >= 15 is 0 Å². The zero-order valence-corrected chi connectivity index (χ0v) is 11.9. The Bertz CT molecular complexity index is 578. The summed E-state index contributed by atoms with van der Waals surface area (Å²) in [6, 6.07) is 5.31. The van der Waals surface area contributed by atoms with E-state index in [4.69, 9.17) is 0 Å². The average Bonchev–Trinajstić information content (AvgIpc) is 2.40. The minimum Gasteiger partial charge on any atom is -0.384 e. The van der Waals surface area contributed by atoms with Crippen LogP contribution in [0, 0.1) is 12.7 Å². The van der Waals surface area contributed by atoms with Crippen molar-refractivity contribution in [2.24, 2.45) is 0 Å². The topological polar surface area (TPSA) is 24.9 Å². The lowest BCUT2D eigenvalue weighted by molar-refractivity contribution is 0.639. The number of aromatic nitrogens is 1. The van der Waals surface area contributed by atoms with E-state index in [9.17, 15) is 4.39 Å². The molecule has 0 saturated carbocycles. The molecule has 2 nitrogen and oxygen atoms in total. The van der Waals surface area contributed by atoms with Crippen LogP contribution in [0.5, 0.6) is 0 Å². The summed E-state index contributed by atoms with van der Waals surface area (Å²) in [6.45, 7) is 7.06. The summed E-state index contributed by atoms with van der Waals surface area (Å²) in [5.41, 5.74) is 3.71. The fourth-order valence-corrected chi connectivity index (χ4v) is 2.27. The minimum atomic E-state index is -0.199. The van der Waals surface area contributed by atoms with Gasteiger partial charge in [-0.3, -0.25) is 4.98 Å². The van der Waals surface area contributed by atoms with Crippen molar-refractivity contribution in [3.63, 3.8) is 0 Å². The van der Waals surface area contributed by atoms with Gasteiger partial charge < -0.3 is 5.32 Å². The summed E-state index contributed by atoms with van der Waals surface area (Å²) < 4.78 is 14.1. The first-order valence-corrected chi connectivity index (χ1v) is 7.00. The van der Waals surface area contributed by atoms with Gasteiger partial charge in [0.1, 0.15) is 5.82 Å². The van der Waals surface area contributed by atoms with E-state index in [0.29, 0.717) is 5.39 Å². The van der Waals surface area contributed by atoms with E-state index in [0.717, 1.165) is 48.3 Å². The fraction of sp³-hybridized carbons (Fsp3) is 0.438. The Morgan fingerprint density at radius 1 is 1.21 bits per heavy atom. The number of nitrogens with zero attached hydrogens (tertiary/aromatic N) is 1. The fourth-order valence-electron chi connectivity index (χ4n) is 2.27. The van der Waals surface area contributed by atoms with Crippen LogP contribution in [0.25, 0.3) is 10.9 Å². The maximum atomic E-state index is 14.1. The van der Waals surface area contributed by atoms with Crippen molar-refractivity contribution in [2.75, 3.05) is 11.9 Å². The van der Waals surface area contributed by atoms with Crippen LogP contribution >= 0.6 is 0 Å². The van der Waals surface area contributed by atoms with Gasteiger partial charge in [-0.05, 0) is 37.5 Å². The van der Waals surface area contributed by atoms with E-state index in [1.54, 1.807) is 6.07 Å². The molecule has 1 N–H and O–H groups in total. The summed E-state index contributed by atoms with van der Waals surface area (Å²) in [6.07, 6.45) is 2.98. The van der Waals surface area contributed by atoms with Crippen molar-refractivity contribution in [3.8, 4) is 0 Å². The molecule has 1 aromatic carbocycles. The van der Waals surface area contributed by atoms with E-state index in [1.165, 1.54) is 6.07 Å². The molecule has 1 heterocycles. The first-order chi connectivity index (χ1) is 9.17. The van der Waals surface area contributed by atoms with E-state index < -0.39 is 0 Å². The number of aryl methyl sites for hydroxylation is 2. The molecule has 0 radical (unpaired) electrons. The molecule has 0 aliphatic heterocycles. The van der Waals surface area contributed by atoms with Crippen LogP contribution in [0.3, 0.4) is 0 Å². The summed E-state index contributed by atoms with van der Waals surface area (Å²) in [5.74, 6) is -0.199. The zero-order chi connectivity index (χ0) is 13.8. The molecule has 2 aromatic rings. The molecule has 0 amide bonds. The highest BCUT2D eigenvalue weighted by Crippen LogP contribution is 2.28. The highest BCUT2D eigenvalue weighted by atomic mass is 19.1. The predicted octanol–water partition coefficient (Wildman–Crippen LogP) is 4.46. The lowest BCUT2D eigenvalue weighted by Crippen LogP contribution is -2.04. The van der Waals surface area contributed by atoms with Gasteiger partial charge in [0.25, 0.3) is 0 Å². The third-order valence-corrected chi connectivity index (χ3v) is 3.24. The third kappa shape index (κ3) is 2.86. The molecule has 3 heteroatoms. The Labute approximate surface area is 114 Å². The molecule has 0 atom stereocenters. The highest BCUT2D eigenvalue weighted by Gasteiger charge is 2.11. The summed E-state index contributed by atoms with van der Waals surface area (Å²) in [5, 5.41) is 3.94. The smallest absolute Gasteiger partial charge is 0.134 e. The number of rotatable bonds is 5. The van der Waals surface area contributed by atoms with Gasteiger partial charge in [-0.25, -0.2) is 4.39 Å². The second kappa shape index (κ2) is 6.00. The molecule has 0 saturated heterocycles. The number of hydrogen-bond donors (Lipinski definition) is 1. The summed E-state index contributed by atoms with van der Waals surface area (Å²) >= 11 is 0. The van der Waals surface area contributed by atoms with Gasteiger partial charge >= 0.3 is 0 Å². The maximum Gasteiger partial charge on any atom is 0.134 e. The molecular formula is C16H21FN2. The predicted molar refractivity (Wildman–Crippen MR) is 79.2 cm³/mol. The van der Waals surface area contributed by atoms with Gasteiger partial charge in [0.2, 0.25) is 0 Å². The van der Waals surface area contributed by atoms with Gasteiger partial charge in [-0.1, -0.05) is 26.3 Å². The number of halogens is 1. The normalized spacial score (nSPS) is 10.9. The van der Waals surface area contributed by atoms with Gasteiger partial charge in [-0.2, -0.15) is 0 Å². The Morgan fingerprint density at radius 3 is 2.68 bits per heavy atom. The van der Waals surface area contributed by atoms with E-state index in [2.05, 4.69) is 24.1 Å². The number of fused-ring (bicyclic) bond motifs is 1. The van der Waals surface area contributed by atoms with Gasteiger partial charge in [0, 0.05) is 17.9 Å². The second-order valence-corrected chi connectivity index (χ2v) is 4.93.